The highest BCUT2D eigenvalue weighted by Crippen LogP contribution is 2.14. The number of nitrogens with zero attached hydrogens (tertiary/aromatic N) is 2. The van der Waals surface area contributed by atoms with Crippen LogP contribution in [0.2, 0.25) is 0 Å². The van der Waals surface area contributed by atoms with Gasteiger partial charge in [0.25, 0.3) is 5.91 Å². The first-order valence-corrected chi connectivity index (χ1v) is 6.96. The summed E-state index contributed by atoms with van der Waals surface area (Å²) >= 11 is 0. The van der Waals surface area contributed by atoms with Crippen LogP contribution in [0.1, 0.15) is 17.5 Å². The second kappa shape index (κ2) is 6.30. The lowest BCUT2D eigenvalue weighted by Gasteiger charge is -2.02. The molecule has 0 fully saturated rings. The third kappa shape index (κ3) is 3.25. The largest absolute Gasteiger partial charge is 0.309 e. The molecule has 2 aromatic rings. The van der Waals surface area contributed by atoms with Gasteiger partial charge in [-0.3, -0.25) is 9.78 Å². The molecule has 1 aromatic heterocycles. The van der Waals surface area contributed by atoms with Crippen LogP contribution >= 0.6 is 0 Å². The number of hydrogen-bond acceptors (Lipinski definition) is 3. The van der Waals surface area contributed by atoms with E-state index >= 15 is 0 Å². The van der Waals surface area contributed by atoms with Gasteiger partial charge in [0.1, 0.15) is 17.3 Å². The van der Waals surface area contributed by atoms with Crippen molar-refractivity contribution in [2.45, 2.75) is 12.8 Å². The molecule has 1 aliphatic rings. The topological polar surface area (TPSA) is 54.4 Å². The maximum Gasteiger partial charge on any atom is 0.275 e. The average Bonchev–Trinajstić information content (AvgIpc) is 2.88. The third-order valence-corrected chi connectivity index (χ3v) is 3.34. The van der Waals surface area contributed by atoms with E-state index in [0.29, 0.717) is 29.9 Å². The minimum atomic E-state index is -0.236. The van der Waals surface area contributed by atoms with Crippen molar-refractivity contribution in [1.29, 1.82) is 0 Å². The van der Waals surface area contributed by atoms with Crippen LogP contribution in [0.3, 0.4) is 0 Å². The van der Waals surface area contributed by atoms with Crippen molar-refractivity contribution in [3.63, 3.8) is 0 Å². The minimum absolute atomic E-state index is 0.236. The number of nitrogens with one attached hydrogen (secondary N) is 1. The van der Waals surface area contributed by atoms with E-state index < -0.39 is 0 Å². The zero-order valence-electron chi connectivity index (χ0n) is 11.8. The zero-order chi connectivity index (χ0) is 15.4. The maximum atomic E-state index is 13.6. The van der Waals surface area contributed by atoms with Gasteiger partial charge >= 0.3 is 0 Å². The van der Waals surface area contributed by atoms with Gasteiger partial charge in [-0.1, -0.05) is 18.2 Å². The van der Waals surface area contributed by atoms with Crippen molar-refractivity contribution in [3.8, 4) is 0 Å². The fourth-order valence-electron chi connectivity index (χ4n) is 2.21. The molecule has 1 N–H and O–H groups in total. The number of rotatable bonds is 4. The first-order valence-electron chi connectivity index (χ1n) is 6.96. The van der Waals surface area contributed by atoms with Crippen LogP contribution in [0.15, 0.2) is 59.5 Å². The van der Waals surface area contributed by atoms with Gasteiger partial charge in [0.2, 0.25) is 0 Å². The summed E-state index contributed by atoms with van der Waals surface area (Å²) in [6, 6.07) is 10.2. The molecule has 0 spiro atoms. The number of hydrogen-bond donors (Lipinski definition) is 1. The number of aliphatic imine (C=N–C) groups is 1. The Labute approximate surface area is 127 Å². The van der Waals surface area contributed by atoms with Crippen LogP contribution < -0.4 is 5.32 Å². The smallest absolute Gasteiger partial charge is 0.275 e. The summed E-state index contributed by atoms with van der Waals surface area (Å²) in [7, 11) is 0. The predicted octanol–water partition coefficient (Wildman–Crippen LogP) is 2.72. The Balaban J connectivity index is 1.71. The normalized spacial score (nSPS) is 15.8. The number of amidine groups is 1. The van der Waals surface area contributed by atoms with Crippen molar-refractivity contribution in [2.75, 3.05) is 0 Å². The second-order valence-electron chi connectivity index (χ2n) is 4.91. The minimum Gasteiger partial charge on any atom is -0.309 e. The molecule has 0 aliphatic carbocycles. The Kier molecular flexibility index (Phi) is 4.05. The highest BCUT2D eigenvalue weighted by atomic mass is 19.1. The first-order chi connectivity index (χ1) is 10.7. The standard InChI is InChI=1S/C17H14FN3O/c18-14-4-2-1-3-13(14)5-6-16-20-15(17(22)21-16)11-12-7-9-19-10-8-12/h1-4,7-11H,5-6H2,(H,20,21,22)/b15-11+. The fourth-order valence-corrected chi connectivity index (χ4v) is 2.21. The number of carbonyl (C=O) groups excluding carboxylic acids is 1. The lowest BCUT2D eigenvalue weighted by atomic mass is 10.1. The fraction of sp³-hybridized carbons (Fsp3) is 0.118. The highest BCUT2D eigenvalue weighted by molar-refractivity contribution is 6.14. The summed E-state index contributed by atoms with van der Waals surface area (Å²) in [6.45, 7) is 0. The van der Waals surface area contributed by atoms with Gasteiger partial charge in [-0.2, -0.15) is 0 Å². The molecule has 2 heterocycles. The van der Waals surface area contributed by atoms with E-state index in [0.717, 1.165) is 5.56 Å². The van der Waals surface area contributed by atoms with Crippen LogP contribution in [-0.2, 0) is 11.2 Å². The summed E-state index contributed by atoms with van der Waals surface area (Å²) in [5.74, 6) is 0.0916. The van der Waals surface area contributed by atoms with Crippen molar-refractivity contribution >= 4 is 17.8 Å². The molecule has 0 atom stereocenters. The first kappa shape index (κ1) is 14.1. The van der Waals surface area contributed by atoms with Crippen LogP contribution in [-0.4, -0.2) is 16.7 Å². The average molecular weight is 295 g/mol. The van der Waals surface area contributed by atoms with E-state index in [4.69, 9.17) is 0 Å². The van der Waals surface area contributed by atoms with Gasteiger partial charge in [0.05, 0.1) is 0 Å². The molecule has 0 radical (unpaired) electrons. The van der Waals surface area contributed by atoms with E-state index in [2.05, 4.69) is 15.3 Å². The van der Waals surface area contributed by atoms with Gasteiger partial charge < -0.3 is 5.32 Å². The monoisotopic (exact) mass is 295 g/mol. The highest BCUT2D eigenvalue weighted by Gasteiger charge is 2.19. The summed E-state index contributed by atoms with van der Waals surface area (Å²) in [5, 5.41) is 2.72. The molecule has 0 saturated carbocycles. The van der Waals surface area contributed by atoms with Gasteiger partial charge in [-0.15, -0.1) is 0 Å². The molecule has 110 valence electrons. The summed E-state index contributed by atoms with van der Waals surface area (Å²) in [4.78, 5) is 20.1. The van der Waals surface area contributed by atoms with Gasteiger partial charge in [0, 0.05) is 18.8 Å². The number of carbonyl (C=O) groups is 1. The summed E-state index contributed by atoms with van der Waals surface area (Å²) in [5.41, 5.74) is 1.83. The van der Waals surface area contributed by atoms with Gasteiger partial charge in [-0.25, -0.2) is 9.38 Å². The van der Waals surface area contributed by atoms with Crippen LogP contribution in [0, 0.1) is 5.82 Å². The van der Waals surface area contributed by atoms with Crippen LogP contribution in [0.4, 0.5) is 4.39 Å². The summed E-state index contributed by atoms with van der Waals surface area (Å²) in [6.07, 6.45) is 5.99. The lowest BCUT2D eigenvalue weighted by molar-refractivity contribution is -0.115. The lowest BCUT2D eigenvalue weighted by Crippen LogP contribution is -2.24. The molecule has 0 unspecified atom stereocenters. The molecule has 1 aromatic carbocycles. The van der Waals surface area contributed by atoms with Crippen LogP contribution in [0.25, 0.3) is 6.08 Å². The Morgan fingerprint density at radius 1 is 1.09 bits per heavy atom. The van der Waals surface area contributed by atoms with Crippen molar-refractivity contribution < 1.29 is 9.18 Å². The number of aromatic nitrogens is 1. The SMILES string of the molecule is O=C1NC(CCc2ccccc2F)=N/C1=C/c1ccncc1. The number of benzene rings is 1. The maximum absolute atomic E-state index is 13.6. The molecular weight excluding hydrogens is 281 g/mol. The van der Waals surface area contributed by atoms with Crippen molar-refractivity contribution in [2.24, 2.45) is 4.99 Å². The van der Waals surface area contributed by atoms with E-state index in [1.165, 1.54) is 6.07 Å². The van der Waals surface area contributed by atoms with E-state index in [1.807, 2.05) is 0 Å². The van der Waals surface area contributed by atoms with Gasteiger partial charge in [0.15, 0.2) is 0 Å². The van der Waals surface area contributed by atoms with E-state index in [9.17, 15) is 9.18 Å². The zero-order valence-corrected chi connectivity index (χ0v) is 11.8. The molecule has 1 amide bonds. The van der Waals surface area contributed by atoms with Crippen molar-refractivity contribution in [3.05, 3.63) is 71.4 Å². The quantitative estimate of drug-likeness (QED) is 0.882. The molecular formula is C17H14FN3O. The van der Waals surface area contributed by atoms with Gasteiger partial charge in [-0.05, 0) is 41.8 Å². The summed E-state index contributed by atoms with van der Waals surface area (Å²) < 4.78 is 13.6. The Morgan fingerprint density at radius 2 is 1.86 bits per heavy atom. The second-order valence-corrected chi connectivity index (χ2v) is 4.91. The van der Waals surface area contributed by atoms with E-state index in [-0.39, 0.29) is 11.7 Å². The number of amides is 1. The van der Waals surface area contributed by atoms with Crippen LogP contribution in [0.5, 0.6) is 0 Å². The Morgan fingerprint density at radius 3 is 2.64 bits per heavy atom. The molecule has 0 bridgehead atoms. The number of pyridine rings is 1. The number of halogens is 1. The van der Waals surface area contributed by atoms with E-state index in [1.54, 1.807) is 48.8 Å². The molecule has 3 rings (SSSR count). The molecule has 5 heteroatoms. The Hall–Kier alpha value is -2.82. The van der Waals surface area contributed by atoms with Crippen molar-refractivity contribution in [1.82, 2.24) is 10.3 Å². The molecule has 4 nitrogen and oxygen atoms in total. The molecule has 1 aliphatic heterocycles. The molecule has 0 saturated heterocycles. The number of aryl methyl sites for hydroxylation is 1. The predicted molar refractivity (Wildman–Crippen MR) is 82.5 cm³/mol. The third-order valence-electron chi connectivity index (χ3n) is 3.34. The Bertz CT molecular complexity index is 754. The molecule has 22 heavy (non-hydrogen) atoms.